The first-order chi connectivity index (χ1) is 8.88. The lowest BCUT2D eigenvalue weighted by Gasteiger charge is -2.13. The van der Waals surface area contributed by atoms with Gasteiger partial charge in [-0.3, -0.25) is 9.59 Å². The number of nitrogens with one attached hydrogen (secondary N) is 1. The van der Waals surface area contributed by atoms with Gasteiger partial charge < -0.3 is 15.2 Å². The van der Waals surface area contributed by atoms with Gasteiger partial charge in [0.05, 0.1) is 6.42 Å². The van der Waals surface area contributed by atoms with E-state index in [9.17, 15) is 9.59 Å². The quantitative estimate of drug-likeness (QED) is 0.838. The minimum atomic E-state index is -0.956. The van der Waals surface area contributed by atoms with E-state index in [-0.39, 0.29) is 18.9 Å². The molecule has 0 saturated carbocycles. The predicted octanol–water partition coefficient (Wildman–Crippen LogP) is 2.01. The summed E-state index contributed by atoms with van der Waals surface area (Å²) in [6, 6.07) is 4.67. The van der Waals surface area contributed by atoms with Gasteiger partial charge in [0.2, 0.25) is 0 Å². The lowest BCUT2D eigenvalue weighted by Crippen LogP contribution is -2.37. The molecule has 104 valence electrons. The number of carbonyl (C=O) groups is 2. The maximum Gasteiger partial charge on any atom is 0.305 e. The van der Waals surface area contributed by atoms with Gasteiger partial charge in [-0.1, -0.05) is 11.6 Å². The summed E-state index contributed by atoms with van der Waals surface area (Å²) in [4.78, 5) is 22.0. The number of carboxylic acids is 1. The molecule has 0 aliphatic carbocycles. The van der Waals surface area contributed by atoms with Crippen molar-refractivity contribution in [3.8, 4) is 5.75 Å². The van der Waals surface area contributed by atoms with Crippen molar-refractivity contribution in [2.45, 2.75) is 26.3 Å². The van der Waals surface area contributed by atoms with Gasteiger partial charge in [0.1, 0.15) is 5.75 Å². The average Bonchev–Trinajstić information content (AvgIpc) is 2.26. The first kappa shape index (κ1) is 15.3. The molecule has 6 heteroatoms. The van der Waals surface area contributed by atoms with Crippen LogP contribution in [-0.2, 0) is 9.59 Å². The van der Waals surface area contributed by atoms with Gasteiger partial charge in [0, 0.05) is 11.1 Å². The number of amides is 1. The van der Waals surface area contributed by atoms with Gasteiger partial charge in [0.15, 0.2) is 6.61 Å². The Morgan fingerprint density at radius 2 is 2.16 bits per heavy atom. The van der Waals surface area contributed by atoms with Crippen molar-refractivity contribution in [1.82, 2.24) is 5.32 Å². The highest BCUT2D eigenvalue weighted by Crippen LogP contribution is 2.21. The number of ether oxygens (including phenoxy) is 1. The zero-order valence-corrected chi connectivity index (χ0v) is 11.5. The van der Waals surface area contributed by atoms with Crippen molar-refractivity contribution in [3.63, 3.8) is 0 Å². The number of halogens is 1. The molecule has 1 unspecified atom stereocenters. The lowest BCUT2D eigenvalue weighted by molar-refractivity contribution is -0.137. The van der Waals surface area contributed by atoms with Gasteiger partial charge in [-0.15, -0.1) is 0 Å². The van der Waals surface area contributed by atoms with E-state index in [1.165, 1.54) is 0 Å². The van der Waals surface area contributed by atoms with Crippen LogP contribution in [0.5, 0.6) is 5.75 Å². The molecule has 0 aliphatic heterocycles. The second-order valence-corrected chi connectivity index (χ2v) is 4.70. The van der Waals surface area contributed by atoms with Crippen LogP contribution in [0, 0.1) is 6.92 Å². The Bertz CT molecular complexity index is 476. The summed E-state index contributed by atoms with van der Waals surface area (Å²) in [5.41, 5.74) is 0.832. The SMILES string of the molecule is Cc1cc(Cl)ccc1OCC(=O)NC(C)CC(=O)O. The summed E-state index contributed by atoms with van der Waals surface area (Å²) in [6.07, 6.45) is -0.119. The number of carbonyl (C=O) groups excluding carboxylic acids is 1. The third kappa shape index (κ3) is 5.61. The average molecular weight is 286 g/mol. The third-order valence-corrected chi connectivity index (χ3v) is 2.62. The van der Waals surface area contributed by atoms with Crippen LogP contribution in [0.15, 0.2) is 18.2 Å². The summed E-state index contributed by atoms with van der Waals surface area (Å²) in [5, 5.41) is 11.7. The first-order valence-electron chi connectivity index (χ1n) is 5.78. The maximum atomic E-state index is 11.5. The number of aliphatic carboxylic acids is 1. The fourth-order valence-electron chi connectivity index (χ4n) is 1.55. The molecular weight excluding hydrogens is 270 g/mol. The van der Waals surface area contributed by atoms with Crippen molar-refractivity contribution in [3.05, 3.63) is 28.8 Å². The van der Waals surface area contributed by atoms with E-state index in [2.05, 4.69) is 5.32 Å². The Kier molecular flexibility index (Phi) is 5.63. The molecule has 0 saturated heterocycles. The van der Waals surface area contributed by atoms with Gasteiger partial charge in [-0.25, -0.2) is 0 Å². The molecule has 1 amide bonds. The topological polar surface area (TPSA) is 75.6 Å². The van der Waals surface area contributed by atoms with E-state index in [1.54, 1.807) is 25.1 Å². The van der Waals surface area contributed by atoms with Gasteiger partial charge >= 0.3 is 5.97 Å². The number of hydrogen-bond acceptors (Lipinski definition) is 3. The van der Waals surface area contributed by atoms with Crippen LogP contribution in [0.2, 0.25) is 5.02 Å². The first-order valence-corrected chi connectivity index (χ1v) is 6.16. The van der Waals surface area contributed by atoms with Crippen LogP contribution < -0.4 is 10.1 Å². The van der Waals surface area contributed by atoms with E-state index >= 15 is 0 Å². The van der Waals surface area contributed by atoms with Crippen molar-refractivity contribution in [2.75, 3.05) is 6.61 Å². The van der Waals surface area contributed by atoms with E-state index in [0.29, 0.717) is 10.8 Å². The van der Waals surface area contributed by atoms with Crippen LogP contribution in [0.1, 0.15) is 18.9 Å². The minimum Gasteiger partial charge on any atom is -0.484 e. The number of hydrogen-bond donors (Lipinski definition) is 2. The van der Waals surface area contributed by atoms with E-state index in [0.717, 1.165) is 5.56 Å². The zero-order chi connectivity index (χ0) is 14.4. The highest BCUT2D eigenvalue weighted by atomic mass is 35.5. The van der Waals surface area contributed by atoms with Crippen molar-refractivity contribution in [1.29, 1.82) is 0 Å². The molecule has 0 bridgehead atoms. The van der Waals surface area contributed by atoms with Crippen LogP contribution in [-0.4, -0.2) is 29.6 Å². The molecule has 19 heavy (non-hydrogen) atoms. The van der Waals surface area contributed by atoms with E-state index in [1.807, 2.05) is 6.92 Å². The smallest absolute Gasteiger partial charge is 0.305 e. The van der Waals surface area contributed by atoms with Crippen LogP contribution in [0.3, 0.4) is 0 Å². The van der Waals surface area contributed by atoms with Crippen LogP contribution in [0.4, 0.5) is 0 Å². The molecule has 1 rings (SSSR count). The highest BCUT2D eigenvalue weighted by Gasteiger charge is 2.11. The normalized spacial score (nSPS) is 11.7. The molecule has 0 aromatic heterocycles. The Morgan fingerprint density at radius 3 is 2.74 bits per heavy atom. The largest absolute Gasteiger partial charge is 0.484 e. The molecular formula is C13H16ClNO4. The second-order valence-electron chi connectivity index (χ2n) is 4.26. The van der Waals surface area contributed by atoms with Crippen molar-refractivity contribution < 1.29 is 19.4 Å². The van der Waals surface area contributed by atoms with E-state index < -0.39 is 12.0 Å². The van der Waals surface area contributed by atoms with E-state index in [4.69, 9.17) is 21.4 Å². The highest BCUT2D eigenvalue weighted by molar-refractivity contribution is 6.30. The fraction of sp³-hybridized carbons (Fsp3) is 0.385. The fourth-order valence-corrected chi connectivity index (χ4v) is 1.77. The lowest BCUT2D eigenvalue weighted by atomic mass is 10.2. The van der Waals surface area contributed by atoms with Crippen LogP contribution in [0.25, 0.3) is 0 Å². The Morgan fingerprint density at radius 1 is 1.47 bits per heavy atom. The molecule has 0 spiro atoms. The van der Waals surface area contributed by atoms with Gasteiger partial charge in [-0.05, 0) is 37.6 Å². The Labute approximate surface area is 116 Å². The van der Waals surface area contributed by atoms with Crippen molar-refractivity contribution in [2.24, 2.45) is 0 Å². The molecule has 2 N–H and O–H groups in total. The summed E-state index contributed by atoms with van der Waals surface area (Å²) in [6.45, 7) is 3.29. The molecule has 1 aromatic carbocycles. The monoisotopic (exact) mass is 285 g/mol. The summed E-state index contributed by atoms with van der Waals surface area (Å²) in [5.74, 6) is -0.740. The maximum absolute atomic E-state index is 11.5. The number of rotatable bonds is 6. The zero-order valence-electron chi connectivity index (χ0n) is 10.8. The molecule has 5 nitrogen and oxygen atoms in total. The minimum absolute atomic E-state index is 0.119. The number of carboxylic acid groups (broad SMARTS) is 1. The second kappa shape index (κ2) is 6.99. The van der Waals surface area contributed by atoms with Gasteiger partial charge in [-0.2, -0.15) is 0 Å². The summed E-state index contributed by atoms with van der Waals surface area (Å²) < 4.78 is 5.34. The molecule has 0 aliphatic rings. The third-order valence-electron chi connectivity index (χ3n) is 2.38. The standard InChI is InChI=1S/C13H16ClNO4/c1-8-5-10(14)3-4-11(8)19-7-12(16)15-9(2)6-13(17)18/h3-5,9H,6-7H2,1-2H3,(H,15,16)(H,17,18). The van der Waals surface area contributed by atoms with Crippen molar-refractivity contribution >= 4 is 23.5 Å². The number of aryl methyl sites for hydroxylation is 1. The predicted molar refractivity (Wildman–Crippen MR) is 71.5 cm³/mol. The molecule has 0 radical (unpaired) electrons. The molecule has 0 fully saturated rings. The van der Waals surface area contributed by atoms with Gasteiger partial charge in [0.25, 0.3) is 5.91 Å². The molecule has 1 atom stereocenters. The summed E-state index contributed by atoms with van der Waals surface area (Å²) in [7, 11) is 0. The molecule has 0 heterocycles. The Hall–Kier alpha value is -1.75. The number of benzene rings is 1. The summed E-state index contributed by atoms with van der Waals surface area (Å²) >= 11 is 5.81. The van der Waals surface area contributed by atoms with Crippen LogP contribution >= 0.6 is 11.6 Å². The molecule has 1 aromatic rings. The Balaban J connectivity index is 2.43.